The number of hydrogen-bond acceptors (Lipinski definition) is 3. The van der Waals surface area contributed by atoms with Crippen LogP contribution in [0.25, 0.3) is 0 Å². The van der Waals surface area contributed by atoms with Crippen LogP contribution in [0.4, 0.5) is 0 Å². The quantitative estimate of drug-likeness (QED) is 0.607. The molecule has 0 aromatic heterocycles. The van der Waals surface area contributed by atoms with Gasteiger partial charge >= 0.3 is 0 Å². The lowest BCUT2D eigenvalue weighted by molar-refractivity contribution is -0.120. The van der Waals surface area contributed by atoms with Crippen LogP contribution in [-0.2, 0) is 14.9 Å². The maximum absolute atomic E-state index is 11.3. The topological polar surface area (TPSA) is 71.4 Å². The third kappa shape index (κ3) is 0.806. The summed E-state index contributed by atoms with van der Waals surface area (Å²) in [6, 6.07) is 0. The summed E-state index contributed by atoms with van der Waals surface area (Å²) in [5.41, 5.74) is 0. The maximum Gasteiger partial charge on any atom is 0.277 e. The molecule has 2 saturated carbocycles. The monoisotopic (exact) mass is 190 g/mol. The summed E-state index contributed by atoms with van der Waals surface area (Å²) < 4.78 is 29.4. The van der Waals surface area contributed by atoms with Gasteiger partial charge in [-0.15, -0.1) is 0 Å². The third-order valence-corrected chi connectivity index (χ3v) is 4.64. The van der Waals surface area contributed by atoms with Crippen molar-refractivity contribution in [1.29, 1.82) is 0 Å². The van der Waals surface area contributed by atoms with Gasteiger partial charge in [0, 0.05) is 6.42 Å². The largest absolute Gasteiger partial charge is 0.298 e. The fourth-order valence-corrected chi connectivity index (χ4v) is 3.55. The molecule has 4 nitrogen and oxygen atoms in total. The second kappa shape index (κ2) is 2.09. The molecular weight excluding hydrogens is 180 g/mol. The lowest BCUT2D eigenvalue weighted by Crippen LogP contribution is -2.41. The van der Waals surface area contributed by atoms with Gasteiger partial charge in [0.05, 0.1) is 0 Å². The Morgan fingerprint density at radius 1 is 1.50 bits per heavy atom. The van der Waals surface area contributed by atoms with Crippen LogP contribution in [0.5, 0.6) is 0 Å². The molecule has 1 N–H and O–H groups in total. The highest BCUT2D eigenvalue weighted by molar-refractivity contribution is 7.88. The number of carbonyl (C=O) groups is 1. The minimum atomic E-state index is -4.17. The summed E-state index contributed by atoms with van der Waals surface area (Å²) in [5.74, 6) is -0.0966. The SMILES string of the molecule is O=C1CC2CCC1(S(=O)(=O)O)C2. The Morgan fingerprint density at radius 2 is 2.17 bits per heavy atom. The van der Waals surface area contributed by atoms with E-state index in [1.165, 1.54) is 0 Å². The molecule has 2 atom stereocenters. The Hall–Kier alpha value is -0.420. The highest BCUT2D eigenvalue weighted by atomic mass is 32.2. The van der Waals surface area contributed by atoms with E-state index in [1.807, 2.05) is 0 Å². The smallest absolute Gasteiger partial charge is 0.277 e. The lowest BCUT2D eigenvalue weighted by atomic mass is 9.99. The average Bonchev–Trinajstić information content (AvgIpc) is 2.41. The van der Waals surface area contributed by atoms with Crippen LogP contribution in [0, 0.1) is 5.92 Å². The maximum atomic E-state index is 11.3. The normalized spacial score (nSPS) is 40.8. The molecule has 2 aliphatic rings. The Kier molecular flexibility index (Phi) is 1.42. The molecule has 12 heavy (non-hydrogen) atoms. The third-order valence-electron chi connectivity index (χ3n) is 3.05. The van der Waals surface area contributed by atoms with Gasteiger partial charge in [-0.3, -0.25) is 9.35 Å². The number of ketones is 1. The van der Waals surface area contributed by atoms with Crippen molar-refractivity contribution in [2.24, 2.45) is 5.92 Å². The molecule has 0 aliphatic heterocycles. The van der Waals surface area contributed by atoms with Gasteiger partial charge in [-0.25, -0.2) is 0 Å². The van der Waals surface area contributed by atoms with E-state index in [0.717, 1.165) is 6.42 Å². The van der Waals surface area contributed by atoms with Crippen molar-refractivity contribution in [3.05, 3.63) is 0 Å². The van der Waals surface area contributed by atoms with Crippen molar-refractivity contribution in [1.82, 2.24) is 0 Å². The average molecular weight is 190 g/mol. The standard InChI is InChI=1S/C7H10O4S/c8-6-3-5-1-2-7(6,4-5)12(9,10)11/h5H,1-4H2,(H,9,10,11). The molecule has 2 fully saturated rings. The van der Waals surface area contributed by atoms with Crippen LogP contribution in [0.2, 0.25) is 0 Å². The molecule has 68 valence electrons. The predicted octanol–water partition coefficient (Wildman–Crippen LogP) is 0.386. The zero-order chi connectivity index (χ0) is 8.98. The molecule has 0 radical (unpaired) electrons. The van der Waals surface area contributed by atoms with Gasteiger partial charge in [-0.1, -0.05) is 0 Å². The molecule has 0 amide bonds. The Labute approximate surface area is 70.7 Å². The summed E-state index contributed by atoms with van der Waals surface area (Å²) in [6.45, 7) is 0. The Balaban J connectivity index is 2.50. The summed E-state index contributed by atoms with van der Waals surface area (Å²) in [7, 11) is -4.17. The molecule has 2 aliphatic carbocycles. The number of rotatable bonds is 1. The molecular formula is C7H10O4S. The van der Waals surface area contributed by atoms with E-state index < -0.39 is 14.9 Å². The van der Waals surface area contributed by atoms with Gasteiger partial charge in [0.1, 0.15) is 0 Å². The van der Waals surface area contributed by atoms with Crippen molar-refractivity contribution in [2.45, 2.75) is 30.4 Å². The summed E-state index contributed by atoms with van der Waals surface area (Å²) in [4.78, 5) is 11.3. The number of fused-ring (bicyclic) bond motifs is 2. The van der Waals surface area contributed by atoms with E-state index in [-0.39, 0.29) is 11.7 Å². The van der Waals surface area contributed by atoms with Crippen molar-refractivity contribution in [2.75, 3.05) is 0 Å². The summed E-state index contributed by atoms with van der Waals surface area (Å²) in [5, 5.41) is 0. The minimum Gasteiger partial charge on any atom is -0.298 e. The molecule has 0 spiro atoms. The summed E-state index contributed by atoms with van der Waals surface area (Å²) >= 11 is 0. The van der Waals surface area contributed by atoms with Crippen LogP contribution >= 0.6 is 0 Å². The van der Waals surface area contributed by atoms with Gasteiger partial charge in [0.15, 0.2) is 10.5 Å². The van der Waals surface area contributed by atoms with E-state index in [2.05, 4.69) is 0 Å². The van der Waals surface area contributed by atoms with E-state index in [0.29, 0.717) is 19.3 Å². The molecule has 0 heterocycles. The first-order valence-electron chi connectivity index (χ1n) is 3.96. The minimum absolute atomic E-state index is 0.194. The van der Waals surface area contributed by atoms with Crippen LogP contribution in [-0.4, -0.2) is 23.5 Å². The second-order valence-electron chi connectivity index (χ2n) is 3.71. The molecule has 5 heteroatoms. The number of carbonyl (C=O) groups excluding carboxylic acids is 1. The summed E-state index contributed by atoms with van der Waals surface area (Å²) in [6.07, 6.45) is 1.74. The Morgan fingerprint density at radius 3 is 2.42 bits per heavy atom. The fraction of sp³-hybridized carbons (Fsp3) is 0.857. The highest BCUT2D eigenvalue weighted by Gasteiger charge is 2.59. The van der Waals surface area contributed by atoms with Crippen LogP contribution in [0.15, 0.2) is 0 Å². The molecule has 2 bridgehead atoms. The zero-order valence-corrected chi connectivity index (χ0v) is 7.30. The van der Waals surface area contributed by atoms with Gasteiger partial charge in [0.25, 0.3) is 10.1 Å². The molecule has 2 unspecified atom stereocenters. The second-order valence-corrected chi connectivity index (χ2v) is 5.44. The first kappa shape index (κ1) is 8.19. The molecule has 2 rings (SSSR count). The zero-order valence-electron chi connectivity index (χ0n) is 6.49. The fourth-order valence-electron chi connectivity index (χ4n) is 2.36. The molecule has 0 aromatic rings. The van der Waals surface area contributed by atoms with E-state index in [1.54, 1.807) is 0 Å². The van der Waals surface area contributed by atoms with Crippen molar-refractivity contribution in [3.8, 4) is 0 Å². The van der Waals surface area contributed by atoms with Crippen LogP contribution in [0.1, 0.15) is 25.7 Å². The first-order chi connectivity index (χ1) is 5.46. The Bertz CT molecular complexity index is 331. The van der Waals surface area contributed by atoms with Gasteiger partial charge in [-0.2, -0.15) is 8.42 Å². The predicted molar refractivity (Wildman–Crippen MR) is 41.2 cm³/mol. The van der Waals surface area contributed by atoms with E-state index >= 15 is 0 Å². The van der Waals surface area contributed by atoms with Crippen LogP contribution < -0.4 is 0 Å². The van der Waals surface area contributed by atoms with E-state index in [4.69, 9.17) is 4.55 Å². The number of hydrogen-bond donors (Lipinski definition) is 1. The lowest BCUT2D eigenvalue weighted by Gasteiger charge is -2.20. The van der Waals surface area contributed by atoms with Crippen molar-refractivity contribution >= 4 is 15.9 Å². The van der Waals surface area contributed by atoms with Crippen LogP contribution in [0.3, 0.4) is 0 Å². The molecule has 0 aromatic carbocycles. The van der Waals surface area contributed by atoms with E-state index in [9.17, 15) is 13.2 Å². The van der Waals surface area contributed by atoms with Gasteiger partial charge in [0.2, 0.25) is 0 Å². The van der Waals surface area contributed by atoms with Gasteiger partial charge < -0.3 is 0 Å². The van der Waals surface area contributed by atoms with Crippen molar-refractivity contribution in [3.63, 3.8) is 0 Å². The first-order valence-corrected chi connectivity index (χ1v) is 5.40. The van der Waals surface area contributed by atoms with Crippen molar-refractivity contribution < 1.29 is 17.8 Å². The molecule has 0 saturated heterocycles. The van der Waals surface area contributed by atoms with Gasteiger partial charge in [-0.05, 0) is 25.2 Å². The highest BCUT2D eigenvalue weighted by Crippen LogP contribution is 2.49. The number of Topliss-reactive ketones (excluding diaryl/α,β-unsaturated/α-hetero) is 1.